The maximum Gasteiger partial charge on any atom is 0.410 e. The third-order valence-electron chi connectivity index (χ3n) is 6.62. The Kier molecular flexibility index (Phi) is 6.46. The molecule has 8 heteroatoms. The molecule has 1 aromatic heterocycles. The summed E-state index contributed by atoms with van der Waals surface area (Å²) in [5.74, 6) is 1.03. The van der Waals surface area contributed by atoms with Gasteiger partial charge in [-0.25, -0.2) is 9.78 Å². The summed E-state index contributed by atoms with van der Waals surface area (Å²) in [6.07, 6.45) is 5.16. The van der Waals surface area contributed by atoms with Crippen molar-refractivity contribution >= 4 is 41.0 Å². The summed E-state index contributed by atoms with van der Waals surface area (Å²) in [7, 11) is 0. The minimum absolute atomic E-state index is 0.174. The summed E-state index contributed by atoms with van der Waals surface area (Å²) in [5, 5.41) is 0.761. The van der Waals surface area contributed by atoms with Crippen molar-refractivity contribution in [1.29, 1.82) is 0 Å². The van der Waals surface area contributed by atoms with Crippen LogP contribution >= 0.6 is 23.4 Å². The summed E-state index contributed by atoms with van der Waals surface area (Å²) in [4.78, 5) is 26.0. The van der Waals surface area contributed by atoms with E-state index in [1.807, 2.05) is 44.0 Å². The SMILES string of the molecule is CC(C)(C)OC(=O)N1CC2(CN(CCCCCN3c4cc(Cl)ccc4Sc4cccnc43)C2)C1. The smallest absolute Gasteiger partial charge is 0.410 e. The number of nitrogens with zero attached hydrogens (tertiary/aromatic N) is 4. The van der Waals surface area contributed by atoms with Crippen molar-refractivity contribution in [2.24, 2.45) is 5.41 Å². The van der Waals surface area contributed by atoms with Gasteiger partial charge in [-0.15, -0.1) is 0 Å². The van der Waals surface area contributed by atoms with Crippen LogP contribution in [0, 0.1) is 5.41 Å². The summed E-state index contributed by atoms with van der Waals surface area (Å²) in [5.41, 5.74) is 1.04. The second-order valence-electron chi connectivity index (χ2n) is 10.8. The van der Waals surface area contributed by atoms with Crippen LogP contribution in [-0.4, -0.2) is 65.7 Å². The molecule has 0 bridgehead atoms. The number of ether oxygens (including phenoxy) is 1. The van der Waals surface area contributed by atoms with Crippen LogP contribution in [0.3, 0.4) is 0 Å². The number of likely N-dealkylation sites (tertiary alicyclic amines) is 2. The molecule has 2 saturated heterocycles. The number of carbonyl (C=O) groups excluding carboxylic acids is 1. The van der Waals surface area contributed by atoms with Crippen LogP contribution in [0.1, 0.15) is 40.0 Å². The standard InChI is InChI=1S/C26H33ClN4O2S/c1-25(2,3)33-24(32)30-17-26(18-30)15-29(16-26)12-5-4-6-13-31-20-14-19(27)9-10-21(20)34-22-8-7-11-28-23(22)31/h7-11,14H,4-6,12-13,15-18H2,1-3H3. The van der Waals surface area contributed by atoms with E-state index < -0.39 is 5.60 Å². The minimum Gasteiger partial charge on any atom is -0.444 e. The Bertz CT molecular complexity index is 1060. The number of hydrogen-bond donors (Lipinski definition) is 0. The number of rotatable bonds is 6. The molecular weight excluding hydrogens is 468 g/mol. The molecule has 5 rings (SSSR count). The first-order chi connectivity index (χ1) is 16.2. The van der Waals surface area contributed by atoms with Gasteiger partial charge in [-0.05, 0) is 70.5 Å². The first-order valence-corrected chi connectivity index (χ1v) is 13.3. The maximum absolute atomic E-state index is 12.2. The molecule has 2 fully saturated rings. The molecule has 34 heavy (non-hydrogen) atoms. The van der Waals surface area contributed by atoms with E-state index in [1.54, 1.807) is 11.8 Å². The van der Waals surface area contributed by atoms with Crippen molar-refractivity contribution in [2.45, 2.75) is 55.4 Å². The van der Waals surface area contributed by atoms with Crippen LogP contribution in [0.4, 0.5) is 16.3 Å². The Hall–Kier alpha value is -1.96. The van der Waals surface area contributed by atoms with E-state index in [1.165, 1.54) is 22.6 Å². The lowest BCUT2D eigenvalue weighted by atomic mass is 9.73. The zero-order chi connectivity index (χ0) is 23.9. The molecule has 1 aromatic carbocycles. The lowest BCUT2D eigenvalue weighted by molar-refractivity contribution is -0.112. The third kappa shape index (κ3) is 5.02. The number of aromatic nitrogens is 1. The van der Waals surface area contributed by atoms with Crippen molar-refractivity contribution in [3.05, 3.63) is 41.6 Å². The van der Waals surface area contributed by atoms with Gasteiger partial charge in [0.15, 0.2) is 0 Å². The number of anilines is 2. The number of halogens is 1. The van der Waals surface area contributed by atoms with Gasteiger partial charge in [0, 0.05) is 54.3 Å². The molecule has 182 valence electrons. The van der Waals surface area contributed by atoms with Gasteiger partial charge in [-0.3, -0.25) is 0 Å². The van der Waals surface area contributed by atoms with E-state index in [4.69, 9.17) is 16.3 Å². The van der Waals surface area contributed by atoms with Gasteiger partial charge in [-0.1, -0.05) is 29.8 Å². The highest BCUT2D eigenvalue weighted by Gasteiger charge is 2.53. The molecule has 3 aliphatic heterocycles. The Labute approximate surface area is 211 Å². The summed E-state index contributed by atoms with van der Waals surface area (Å²) in [6, 6.07) is 10.3. The molecule has 0 N–H and O–H groups in total. The number of pyridine rings is 1. The number of carbonyl (C=O) groups is 1. The van der Waals surface area contributed by atoms with Crippen molar-refractivity contribution in [3.8, 4) is 0 Å². The van der Waals surface area contributed by atoms with E-state index in [9.17, 15) is 4.79 Å². The van der Waals surface area contributed by atoms with Crippen molar-refractivity contribution in [2.75, 3.05) is 44.2 Å². The summed E-state index contributed by atoms with van der Waals surface area (Å²) < 4.78 is 5.48. The van der Waals surface area contributed by atoms with Gasteiger partial charge in [0.1, 0.15) is 11.4 Å². The number of hydrogen-bond acceptors (Lipinski definition) is 6. The Morgan fingerprint density at radius 2 is 1.85 bits per heavy atom. The van der Waals surface area contributed by atoms with Gasteiger partial charge >= 0.3 is 6.09 Å². The van der Waals surface area contributed by atoms with Crippen molar-refractivity contribution in [3.63, 3.8) is 0 Å². The number of amides is 1. The van der Waals surface area contributed by atoms with Crippen LogP contribution in [0.25, 0.3) is 0 Å². The van der Waals surface area contributed by atoms with Gasteiger partial charge in [0.25, 0.3) is 0 Å². The van der Waals surface area contributed by atoms with Crippen molar-refractivity contribution in [1.82, 2.24) is 14.8 Å². The summed E-state index contributed by atoms with van der Waals surface area (Å²) >= 11 is 8.08. The van der Waals surface area contributed by atoms with E-state index in [-0.39, 0.29) is 6.09 Å². The zero-order valence-corrected chi connectivity index (χ0v) is 21.8. The zero-order valence-electron chi connectivity index (χ0n) is 20.2. The van der Waals surface area contributed by atoms with Crippen molar-refractivity contribution < 1.29 is 9.53 Å². The largest absolute Gasteiger partial charge is 0.444 e. The normalized spacial score (nSPS) is 18.7. The van der Waals surface area contributed by atoms with Crippen LogP contribution in [0.2, 0.25) is 5.02 Å². The topological polar surface area (TPSA) is 48.9 Å². The molecule has 0 atom stereocenters. The first kappa shape index (κ1) is 23.8. The molecule has 0 unspecified atom stereocenters. The monoisotopic (exact) mass is 500 g/mol. The quantitative estimate of drug-likeness (QED) is 0.449. The first-order valence-electron chi connectivity index (χ1n) is 12.1. The molecule has 3 aliphatic rings. The van der Waals surface area contributed by atoms with Crippen LogP contribution in [-0.2, 0) is 4.74 Å². The fraction of sp³-hybridized carbons (Fsp3) is 0.538. The Morgan fingerprint density at radius 3 is 2.62 bits per heavy atom. The summed E-state index contributed by atoms with van der Waals surface area (Å²) in [6.45, 7) is 11.7. The average molecular weight is 501 g/mol. The second-order valence-corrected chi connectivity index (χ2v) is 12.3. The highest BCUT2D eigenvalue weighted by atomic mass is 35.5. The van der Waals surface area contributed by atoms with Gasteiger partial charge in [0.2, 0.25) is 0 Å². The number of benzene rings is 1. The van der Waals surface area contributed by atoms with Crippen LogP contribution in [0.15, 0.2) is 46.3 Å². The molecule has 6 nitrogen and oxygen atoms in total. The fourth-order valence-corrected chi connectivity index (χ4v) is 6.39. The lowest BCUT2D eigenvalue weighted by Crippen LogP contribution is -2.73. The number of unbranched alkanes of at least 4 members (excludes halogenated alkanes) is 2. The van der Waals surface area contributed by atoms with E-state index in [2.05, 4.69) is 33.0 Å². The predicted octanol–water partition coefficient (Wildman–Crippen LogP) is 6.06. The minimum atomic E-state index is -0.426. The Morgan fingerprint density at radius 1 is 1.09 bits per heavy atom. The maximum atomic E-state index is 12.2. The molecule has 2 aromatic rings. The molecule has 0 aliphatic carbocycles. The predicted molar refractivity (Wildman–Crippen MR) is 137 cm³/mol. The molecule has 1 spiro atoms. The van der Waals surface area contributed by atoms with E-state index >= 15 is 0 Å². The van der Waals surface area contributed by atoms with E-state index in [0.717, 1.165) is 62.2 Å². The molecular formula is C26H33ClN4O2S. The molecule has 0 saturated carbocycles. The molecule has 4 heterocycles. The number of fused-ring (bicyclic) bond motifs is 2. The molecule has 0 radical (unpaired) electrons. The highest BCUT2D eigenvalue weighted by molar-refractivity contribution is 7.99. The second kappa shape index (κ2) is 9.25. The van der Waals surface area contributed by atoms with Crippen LogP contribution < -0.4 is 4.90 Å². The van der Waals surface area contributed by atoms with E-state index in [0.29, 0.717) is 5.41 Å². The average Bonchev–Trinajstić information content (AvgIpc) is 2.71. The lowest BCUT2D eigenvalue weighted by Gasteiger charge is -2.60. The molecule has 1 amide bonds. The van der Waals surface area contributed by atoms with Gasteiger partial charge in [-0.2, -0.15) is 0 Å². The Balaban J connectivity index is 1.05. The van der Waals surface area contributed by atoms with Gasteiger partial charge in [0.05, 0.1) is 10.6 Å². The van der Waals surface area contributed by atoms with Gasteiger partial charge < -0.3 is 19.4 Å². The van der Waals surface area contributed by atoms with Crippen LogP contribution in [0.5, 0.6) is 0 Å². The highest BCUT2D eigenvalue weighted by Crippen LogP contribution is 2.48. The third-order valence-corrected chi connectivity index (χ3v) is 7.96. The fourth-order valence-electron chi connectivity index (χ4n) is 5.17.